The van der Waals surface area contributed by atoms with Gasteiger partial charge in [0.05, 0.1) is 0 Å². The summed E-state index contributed by atoms with van der Waals surface area (Å²) in [5.74, 6) is 0. The van der Waals surface area contributed by atoms with Crippen LogP contribution in [-0.2, 0) is 0 Å². The smallest absolute Gasteiger partial charge is 0.100 e. The van der Waals surface area contributed by atoms with Crippen molar-refractivity contribution in [3.8, 4) is 0 Å². The molecule has 1 aliphatic rings. The van der Waals surface area contributed by atoms with Gasteiger partial charge in [-0.05, 0) is 55.4 Å². The number of benzene rings is 1. The first-order valence-corrected chi connectivity index (χ1v) is 7.11. The van der Waals surface area contributed by atoms with E-state index in [0.717, 1.165) is 22.9 Å². The topological polar surface area (TPSA) is 20.2 Å². The van der Waals surface area contributed by atoms with Gasteiger partial charge in [0.2, 0.25) is 0 Å². The number of hydrogen-bond acceptors (Lipinski definition) is 1. The molecule has 1 aromatic rings. The third-order valence-electron chi connectivity index (χ3n) is 3.44. The first kappa shape index (κ1) is 12.8. The summed E-state index contributed by atoms with van der Waals surface area (Å²) < 4.78 is 1.07. The Morgan fingerprint density at radius 1 is 1.24 bits per heavy atom. The highest BCUT2D eigenvalue weighted by molar-refractivity contribution is 9.10. The third-order valence-corrected chi connectivity index (χ3v) is 4.29. The van der Waals surface area contributed by atoms with Crippen LogP contribution < -0.4 is 0 Å². The molecule has 1 unspecified atom stereocenters. The molecule has 0 amide bonds. The van der Waals surface area contributed by atoms with Crippen LogP contribution >= 0.6 is 15.9 Å². The fraction of sp³-hybridized carbons (Fsp3) is 0.467. The van der Waals surface area contributed by atoms with Crippen molar-refractivity contribution >= 4 is 15.9 Å². The second-order valence-electron chi connectivity index (χ2n) is 4.79. The standard InChI is InChI=1S/C15H19BrO/c1-11-8-9-13(10-14(11)16)15(17)12-6-4-2-3-5-7-12/h6,8-10,15,17H,2-5,7H2,1H3. The fourth-order valence-corrected chi connectivity index (χ4v) is 2.68. The molecule has 0 radical (unpaired) electrons. The second kappa shape index (κ2) is 5.83. The van der Waals surface area contributed by atoms with Crippen molar-refractivity contribution in [2.45, 2.75) is 45.1 Å². The third kappa shape index (κ3) is 3.20. The van der Waals surface area contributed by atoms with Gasteiger partial charge in [0.15, 0.2) is 0 Å². The van der Waals surface area contributed by atoms with Gasteiger partial charge in [-0.2, -0.15) is 0 Å². The molecule has 1 N–H and O–H groups in total. The average Bonchev–Trinajstić information content (AvgIpc) is 2.60. The van der Waals surface area contributed by atoms with E-state index in [0.29, 0.717) is 0 Å². The summed E-state index contributed by atoms with van der Waals surface area (Å²) in [4.78, 5) is 0. The molecule has 2 rings (SSSR count). The molecule has 0 aromatic heterocycles. The summed E-state index contributed by atoms with van der Waals surface area (Å²) in [5, 5.41) is 10.4. The van der Waals surface area contributed by atoms with Crippen LogP contribution in [0.15, 0.2) is 34.3 Å². The van der Waals surface area contributed by atoms with Crippen molar-refractivity contribution in [2.75, 3.05) is 0 Å². The summed E-state index contributed by atoms with van der Waals surface area (Å²) in [6.07, 6.45) is 7.69. The number of rotatable bonds is 2. The molecule has 0 spiro atoms. The van der Waals surface area contributed by atoms with Gasteiger partial charge in [-0.25, -0.2) is 0 Å². The maximum absolute atomic E-state index is 10.4. The second-order valence-corrected chi connectivity index (χ2v) is 5.64. The van der Waals surface area contributed by atoms with E-state index in [2.05, 4.69) is 35.0 Å². The van der Waals surface area contributed by atoms with E-state index in [1.165, 1.54) is 30.4 Å². The minimum Gasteiger partial charge on any atom is -0.384 e. The van der Waals surface area contributed by atoms with Gasteiger partial charge in [0.25, 0.3) is 0 Å². The quantitative estimate of drug-likeness (QED) is 0.785. The molecule has 1 aliphatic carbocycles. The lowest BCUT2D eigenvalue weighted by atomic mass is 9.97. The molecular formula is C15H19BrO. The van der Waals surface area contributed by atoms with Crippen LogP contribution in [0.3, 0.4) is 0 Å². The number of aliphatic hydroxyl groups excluding tert-OH is 1. The molecule has 0 saturated heterocycles. The lowest BCUT2D eigenvalue weighted by molar-refractivity contribution is 0.210. The highest BCUT2D eigenvalue weighted by atomic mass is 79.9. The predicted octanol–water partition coefficient (Wildman–Crippen LogP) is 4.68. The monoisotopic (exact) mass is 294 g/mol. The zero-order valence-corrected chi connectivity index (χ0v) is 11.8. The van der Waals surface area contributed by atoms with Gasteiger partial charge < -0.3 is 5.11 Å². The summed E-state index contributed by atoms with van der Waals surface area (Å²) in [6, 6.07) is 6.11. The Kier molecular flexibility index (Phi) is 4.41. The predicted molar refractivity (Wildman–Crippen MR) is 75.0 cm³/mol. The molecule has 2 heteroatoms. The first-order valence-electron chi connectivity index (χ1n) is 6.31. The molecule has 0 bridgehead atoms. The summed E-state index contributed by atoms with van der Waals surface area (Å²) >= 11 is 3.52. The number of hydrogen-bond donors (Lipinski definition) is 1. The van der Waals surface area contributed by atoms with E-state index >= 15 is 0 Å². The highest BCUT2D eigenvalue weighted by Gasteiger charge is 2.15. The Morgan fingerprint density at radius 3 is 2.82 bits per heavy atom. The molecule has 1 atom stereocenters. The van der Waals surface area contributed by atoms with Gasteiger partial charge >= 0.3 is 0 Å². The maximum atomic E-state index is 10.4. The molecular weight excluding hydrogens is 276 g/mol. The zero-order valence-electron chi connectivity index (χ0n) is 10.2. The number of aryl methyl sites for hydroxylation is 1. The van der Waals surface area contributed by atoms with Crippen molar-refractivity contribution in [2.24, 2.45) is 0 Å². The van der Waals surface area contributed by atoms with Crippen LogP contribution in [-0.4, -0.2) is 5.11 Å². The van der Waals surface area contributed by atoms with Crippen LogP contribution in [0.4, 0.5) is 0 Å². The van der Waals surface area contributed by atoms with Crippen LogP contribution in [0.2, 0.25) is 0 Å². The SMILES string of the molecule is Cc1ccc(C(O)C2=CCCCCC2)cc1Br. The van der Waals surface area contributed by atoms with Crippen molar-refractivity contribution < 1.29 is 5.11 Å². The average molecular weight is 295 g/mol. The van der Waals surface area contributed by atoms with E-state index in [1.54, 1.807) is 0 Å². The van der Waals surface area contributed by atoms with Crippen molar-refractivity contribution in [1.29, 1.82) is 0 Å². The van der Waals surface area contributed by atoms with E-state index in [4.69, 9.17) is 0 Å². The van der Waals surface area contributed by atoms with Crippen LogP contribution in [0, 0.1) is 6.92 Å². The summed E-state index contributed by atoms with van der Waals surface area (Å²) in [5.41, 5.74) is 3.39. The Bertz CT molecular complexity index is 423. The van der Waals surface area contributed by atoms with E-state index in [-0.39, 0.29) is 0 Å². The van der Waals surface area contributed by atoms with Gasteiger partial charge in [0, 0.05) is 4.47 Å². The fourth-order valence-electron chi connectivity index (χ4n) is 2.28. The maximum Gasteiger partial charge on any atom is 0.100 e. The number of aliphatic hydroxyl groups is 1. The van der Waals surface area contributed by atoms with Gasteiger partial charge in [0.1, 0.15) is 6.10 Å². The van der Waals surface area contributed by atoms with Crippen molar-refractivity contribution in [3.05, 3.63) is 45.4 Å². The number of halogens is 1. The Balaban J connectivity index is 2.20. The Hall–Kier alpha value is -0.600. The largest absolute Gasteiger partial charge is 0.384 e. The molecule has 1 aromatic carbocycles. The first-order chi connectivity index (χ1) is 8.18. The minimum absolute atomic E-state index is 0.426. The zero-order chi connectivity index (χ0) is 12.3. The molecule has 0 fully saturated rings. The molecule has 0 saturated carbocycles. The lowest BCUT2D eigenvalue weighted by Gasteiger charge is -2.15. The molecule has 0 heterocycles. The lowest BCUT2D eigenvalue weighted by Crippen LogP contribution is -2.02. The molecule has 92 valence electrons. The van der Waals surface area contributed by atoms with Crippen LogP contribution in [0.5, 0.6) is 0 Å². The van der Waals surface area contributed by atoms with Crippen molar-refractivity contribution in [1.82, 2.24) is 0 Å². The van der Waals surface area contributed by atoms with Gasteiger partial charge in [-0.1, -0.05) is 40.6 Å². The summed E-state index contributed by atoms with van der Waals surface area (Å²) in [6.45, 7) is 2.06. The highest BCUT2D eigenvalue weighted by Crippen LogP contribution is 2.31. The van der Waals surface area contributed by atoms with E-state index in [9.17, 15) is 5.11 Å². The Labute approximate surface area is 112 Å². The molecule has 1 nitrogen and oxygen atoms in total. The molecule has 0 aliphatic heterocycles. The normalized spacial score (nSPS) is 18.4. The van der Waals surface area contributed by atoms with Crippen molar-refractivity contribution in [3.63, 3.8) is 0 Å². The summed E-state index contributed by atoms with van der Waals surface area (Å²) in [7, 11) is 0. The van der Waals surface area contributed by atoms with Crippen LogP contribution in [0.25, 0.3) is 0 Å². The van der Waals surface area contributed by atoms with E-state index in [1.807, 2.05) is 12.1 Å². The molecule has 17 heavy (non-hydrogen) atoms. The van der Waals surface area contributed by atoms with Gasteiger partial charge in [-0.15, -0.1) is 0 Å². The number of allylic oxidation sites excluding steroid dienone is 1. The Morgan fingerprint density at radius 2 is 2.06 bits per heavy atom. The minimum atomic E-state index is -0.426. The van der Waals surface area contributed by atoms with Crippen LogP contribution in [0.1, 0.15) is 49.3 Å². The van der Waals surface area contributed by atoms with E-state index < -0.39 is 6.10 Å². The van der Waals surface area contributed by atoms with Gasteiger partial charge in [-0.3, -0.25) is 0 Å².